The molecule has 1 aliphatic rings. The molecule has 8 heteroatoms. The molecule has 0 unspecified atom stereocenters. The van der Waals surface area contributed by atoms with E-state index in [1.165, 1.54) is 0 Å². The summed E-state index contributed by atoms with van der Waals surface area (Å²) in [5.41, 5.74) is 0.626. The molecule has 1 aromatic heterocycles. The second-order valence-electron chi connectivity index (χ2n) is 6.90. The van der Waals surface area contributed by atoms with Crippen molar-refractivity contribution in [3.63, 3.8) is 0 Å². The van der Waals surface area contributed by atoms with Gasteiger partial charge in [0.15, 0.2) is 0 Å². The average molecular weight is 387 g/mol. The molecule has 0 bridgehead atoms. The van der Waals surface area contributed by atoms with E-state index in [1.54, 1.807) is 32.4 Å². The summed E-state index contributed by atoms with van der Waals surface area (Å²) in [5.74, 6) is 2.30. The molecule has 0 spiro atoms. The Morgan fingerprint density at radius 2 is 1.86 bits per heavy atom. The van der Waals surface area contributed by atoms with Crippen molar-refractivity contribution >= 4 is 11.6 Å². The van der Waals surface area contributed by atoms with Crippen molar-refractivity contribution in [3.8, 4) is 11.5 Å². The maximum absolute atomic E-state index is 12.5. The summed E-state index contributed by atoms with van der Waals surface area (Å²) < 4.78 is 12.7. The first-order chi connectivity index (χ1) is 13.6. The number of hydrogen-bond donors (Lipinski definition) is 1. The van der Waals surface area contributed by atoms with Gasteiger partial charge in [0.1, 0.15) is 17.3 Å². The Morgan fingerprint density at radius 1 is 1.11 bits per heavy atom. The number of imidazole rings is 1. The molecule has 28 heavy (non-hydrogen) atoms. The molecule has 0 saturated carbocycles. The molecule has 0 radical (unpaired) electrons. The molecular formula is C20H29N5O3. The van der Waals surface area contributed by atoms with Crippen LogP contribution >= 0.6 is 0 Å². The van der Waals surface area contributed by atoms with Crippen LogP contribution in [0.5, 0.6) is 11.5 Å². The Morgan fingerprint density at radius 3 is 2.50 bits per heavy atom. The van der Waals surface area contributed by atoms with E-state index in [-0.39, 0.29) is 5.91 Å². The molecule has 1 aliphatic heterocycles. The highest BCUT2D eigenvalue weighted by Crippen LogP contribution is 2.28. The summed E-state index contributed by atoms with van der Waals surface area (Å²) in [6, 6.07) is 5.36. The van der Waals surface area contributed by atoms with Gasteiger partial charge in [0.25, 0.3) is 0 Å². The van der Waals surface area contributed by atoms with Gasteiger partial charge in [-0.15, -0.1) is 0 Å². The van der Waals surface area contributed by atoms with Gasteiger partial charge in [0, 0.05) is 57.7 Å². The lowest BCUT2D eigenvalue weighted by atomic mass is 10.2. The minimum atomic E-state index is -0.0472. The van der Waals surface area contributed by atoms with Crippen LogP contribution in [0.25, 0.3) is 0 Å². The van der Waals surface area contributed by atoms with E-state index < -0.39 is 0 Å². The number of ether oxygens (including phenoxy) is 2. The first kappa shape index (κ1) is 20.2. The molecule has 1 fully saturated rings. The van der Waals surface area contributed by atoms with Crippen molar-refractivity contribution in [2.24, 2.45) is 0 Å². The quantitative estimate of drug-likeness (QED) is 0.740. The van der Waals surface area contributed by atoms with Crippen LogP contribution in [0.3, 0.4) is 0 Å². The third-order valence-electron chi connectivity index (χ3n) is 5.09. The lowest BCUT2D eigenvalue weighted by Crippen LogP contribution is -2.49. The van der Waals surface area contributed by atoms with Gasteiger partial charge in [-0.2, -0.15) is 0 Å². The number of amides is 1. The molecule has 152 valence electrons. The third-order valence-corrected chi connectivity index (χ3v) is 5.09. The molecule has 1 N–H and O–H groups in total. The molecule has 8 nitrogen and oxygen atoms in total. The Hall–Kier alpha value is -2.58. The van der Waals surface area contributed by atoms with E-state index in [1.807, 2.05) is 19.3 Å². The minimum Gasteiger partial charge on any atom is -0.497 e. The maximum Gasteiger partial charge on any atom is 0.238 e. The highest BCUT2D eigenvalue weighted by molar-refractivity contribution is 5.94. The van der Waals surface area contributed by atoms with Crippen molar-refractivity contribution in [2.45, 2.75) is 13.5 Å². The fourth-order valence-electron chi connectivity index (χ4n) is 3.36. The normalized spacial score (nSPS) is 15.4. The molecule has 1 aromatic carbocycles. The Balaban J connectivity index is 1.44. The SMILES string of the molecule is COc1ccc(OC)c(NC(=O)CN2CCN(CCn3ccnc3C)CC2)c1. The van der Waals surface area contributed by atoms with Gasteiger partial charge in [-0.3, -0.25) is 14.6 Å². The summed E-state index contributed by atoms with van der Waals surface area (Å²) in [5, 5.41) is 2.94. The number of nitrogens with one attached hydrogen (secondary N) is 1. The van der Waals surface area contributed by atoms with E-state index >= 15 is 0 Å². The summed E-state index contributed by atoms with van der Waals surface area (Å²) in [6.07, 6.45) is 3.85. The second-order valence-corrected chi connectivity index (χ2v) is 6.90. The Bertz CT molecular complexity index is 784. The van der Waals surface area contributed by atoms with Crippen LogP contribution in [0, 0.1) is 6.92 Å². The van der Waals surface area contributed by atoms with Gasteiger partial charge in [0.05, 0.1) is 26.5 Å². The van der Waals surface area contributed by atoms with Gasteiger partial charge < -0.3 is 19.4 Å². The topological polar surface area (TPSA) is 71.9 Å². The Kier molecular flexibility index (Phi) is 6.89. The predicted molar refractivity (Wildman–Crippen MR) is 108 cm³/mol. The van der Waals surface area contributed by atoms with Crippen molar-refractivity contribution in [3.05, 3.63) is 36.4 Å². The largest absolute Gasteiger partial charge is 0.497 e. The van der Waals surface area contributed by atoms with Crippen molar-refractivity contribution < 1.29 is 14.3 Å². The van der Waals surface area contributed by atoms with Crippen molar-refractivity contribution in [2.75, 3.05) is 58.8 Å². The van der Waals surface area contributed by atoms with Crippen LogP contribution in [0.15, 0.2) is 30.6 Å². The molecule has 2 aromatic rings. The van der Waals surface area contributed by atoms with Gasteiger partial charge in [0.2, 0.25) is 5.91 Å². The summed E-state index contributed by atoms with van der Waals surface area (Å²) in [4.78, 5) is 21.3. The smallest absolute Gasteiger partial charge is 0.238 e. The van der Waals surface area contributed by atoms with E-state index in [9.17, 15) is 4.79 Å². The van der Waals surface area contributed by atoms with Crippen LogP contribution in [0.2, 0.25) is 0 Å². The molecular weight excluding hydrogens is 358 g/mol. The number of anilines is 1. The van der Waals surface area contributed by atoms with Crippen LogP contribution in [0.4, 0.5) is 5.69 Å². The summed E-state index contributed by atoms with van der Waals surface area (Å²) >= 11 is 0. The molecule has 1 saturated heterocycles. The zero-order valence-corrected chi connectivity index (χ0v) is 16.9. The standard InChI is InChI=1S/C20H29N5O3/c1-16-21-6-7-25(16)13-12-23-8-10-24(11-9-23)15-20(26)22-18-14-17(27-2)4-5-19(18)28-3/h4-7,14H,8-13,15H2,1-3H3,(H,22,26). The highest BCUT2D eigenvalue weighted by Gasteiger charge is 2.19. The number of methoxy groups -OCH3 is 2. The maximum atomic E-state index is 12.5. The second kappa shape index (κ2) is 9.57. The minimum absolute atomic E-state index is 0.0472. The number of carbonyl (C=O) groups is 1. The fourth-order valence-corrected chi connectivity index (χ4v) is 3.36. The van der Waals surface area contributed by atoms with E-state index in [0.717, 1.165) is 45.1 Å². The molecule has 0 aliphatic carbocycles. The molecule has 1 amide bonds. The molecule has 2 heterocycles. The average Bonchev–Trinajstić information content (AvgIpc) is 3.12. The summed E-state index contributed by atoms with van der Waals surface area (Å²) in [6.45, 7) is 8.02. The lowest BCUT2D eigenvalue weighted by molar-refractivity contribution is -0.117. The van der Waals surface area contributed by atoms with Crippen LogP contribution in [-0.4, -0.2) is 78.7 Å². The monoisotopic (exact) mass is 387 g/mol. The number of benzene rings is 1. The lowest BCUT2D eigenvalue weighted by Gasteiger charge is -2.34. The number of hydrogen-bond acceptors (Lipinski definition) is 6. The summed E-state index contributed by atoms with van der Waals surface area (Å²) in [7, 11) is 3.18. The number of aromatic nitrogens is 2. The van der Waals surface area contributed by atoms with Crippen molar-refractivity contribution in [1.29, 1.82) is 0 Å². The molecule has 3 rings (SSSR count). The van der Waals surface area contributed by atoms with E-state index in [2.05, 4.69) is 24.7 Å². The number of rotatable bonds is 8. The van der Waals surface area contributed by atoms with Gasteiger partial charge >= 0.3 is 0 Å². The highest BCUT2D eigenvalue weighted by atomic mass is 16.5. The van der Waals surface area contributed by atoms with Gasteiger partial charge in [-0.25, -0.2) is 4.98 Å². The van der Waals surface area contributed by atoms with Crippen molar-refractivity contribution in [1.82, 2.24) is 19.4 Å². The van der Waals surface area contributed by atoms with E-state index in [4.69, 9.17) is 9.47 Å². The van der Waals surface area contributed by atoms with Crippen LogP contribution < -0.4 is 14.8 Å². The third kappa shape index (κ3) is 5.24. The van der Waals surface area contributed by atoms with Gasteiger partial charge in [-0.1, -0.05) is 0 Å². The predicted octanol–water partition coefficient (Wildman–Crippen LogP) is 1.47. The number of aryl methyl sites for hydroxylation is 1. The number of nitrogens with zero attached hydrogens (tertiary/aromatic N) is 4. The van der Waals surface area contributed by atoms with Crippen LogP contribution in [-0.2, 0) is 11.3 Å². The van der Waals surface area contributed by atoms with Crippen LogP contribution in [0.1, 0.15) is 5.82 Å². The Labute approximate surface area is 166 Å². The first-order valence-corrected chi connectivity index (χ1v) is 9.53. The number of carbonyl (C=O) groups excluding carboxylic acids is 1. The zero-order chi connectivity index (χ0) is 19.9. The fraction of sp³-hybridized carbons (Fsp3) is 0.500. The van der Waals surface area contributed by atoms with Gasteiger partial charge in [-0.05, 0) is 19.1 Å². The number of piperazine rings is 1. The molecule has 0 atom stereocenters. The zero-order valence-electron chi connectivity index (χ0n) is 16.9. The van der Waals surface area contributed by atoms with E-state index in [0.29, 0.717) is 23.7 Å². The first-order valence-electron chi connectivity index (χ1n) is 9.53.